The first-order valence-corrected chi connectivity index (χ1v) is 6.66. The first-order valence-electron chi connectivity index (χ1n) is 6.28. The highest BCUT2D eigenvalue weighted by Gasteiger charge is 2.13. The van der Waals surface area contributed by atoms with E-state index in [1.165, 1.54) is 30.7 Å². The Bertz CT molecular complexity index is 713. The van der Waals surface area contributed by atoms with Crippen LogP contribution >= 0.6 is 11.6 Å². The third-order valence-electron chi connectivity index (χ3n) is 2.49. The molecular formula is C14H14ClN3O3. The minimum absolute atomic E-state index is 0.0717. The van der Waals surface area contributed by atoms with Crippen LogP contribution in [0.3, 0.4) is 0 Å². The molecule has 110 valence electrons. The minimum atomic E-state index is -0.475. The summed E-state index contributed by atoms with van der Waals surface area (Å²) in [6.45, 7) is 3.70. The van der Waals surface area contributed by atoms with Gasteiger partial charge in [-0.1, -0.05) is 11.6 Å². The zero-order chi connectivity index (χ0) is 15.4. The molecule has 2 N–H and O–H groups in total. The highest BCUT2D eigenvalue weighted by molar-refractivity contribution is 6.32. The Kier molecular flexibility index (Phi) is 4.59. The predicted molar refractivity (Wildman–Crippen MR) is 80.0 cm³/mol. The topological polar surface area (TPSA) is 84.1 Å². The summed E-state index contributed by atoms with van der Waals surface area (Å²) in [6, 6.07) is 2.76. The third-order valence-corrected chi connectivity index (χ3v) is 2.76. The van der Waals surface area contributed by atoms with Crippen LogP contribution in [0.5, 0.6) is 5.88 Å². The monoisotopic (exact) mass is 307 g/mol. The van der Waals surface area contributed by atoms with Crippen LogP contribution in [0.1, 0.15) is 24.2 Å². The molecule has 2 aromatic rings. The zero-order valence-corrected chi connectivity index (χ0v) is 12.3. The summed E-state index contributed by atoms with van der Waals surface area (Å²) in [7, 11) is 0. The maximum Gasteiger partial charge on any atom is 0.257 e. The summed E-state index contributed by atoms with van der Waals surface area (Å²) >= 11 is 6.02. The average molecular weight is 308 g/mol. The standard InChI is InChI=1S/C14H14ClN3O3/c1-8(2)21-14-10(15)5-9(6-17-14)13(20)18-11-7-16-4-3-12(11)19/h3-8H,1-2H3,(H,16,19)(H,18,20). The van der Waals surface area contributed by atoms with Crippen LogP contribution in [0, 0.1) is 0 Å². The van der Waals surface area contributed by atoms with Gasteiger partial charge < -0.3 is 15.0 Å². The van der Waals surface area contributed by atoms with Crippen molar-refractivity contribution < 1.29 is 9.53 Å². The number of halogens is 1. The maximum atomic E-state index is 12.0. The first-order chi connectivity index (χ1) is 9.97. The van der Waals surface area contributed by atoms with E-state index in [0.29, 0.717) is 0 Å². The van der Waals surface area contributed by atoms with E-state index in [9.17, 15) is 9.59 Å². The van der Waals surface area contributed by atoms with Gasteiger partial charge in [0.2, 0.25) is 11.3 Å². The second-order valence-electron chi connectivity index (χ2n) is 4.55. The molecule has 0 atom stereocenters. The van der Waals surface area contributed by atoms with Crippen molar-refractivity contribution in [2.75, 3.05) is 5.32 Å². The number of aromatic amines is 1. The maximum absolute atomic E-state index is 12.0. The number of ether oxygens (including phenoxy) is 1. The number of H-pyrrole nitrogens is 1. The summed E-state index contributed by atoms with van der Waals surface area (Å²) in [6.07, 6.45) is 4.16. The Labute approximate surface area is 126 Å². The molecule has 0 radical (unpaired) electrons. The number of pyridine rings is 2. The number of anilines is 1. The molecule has 0 saturated heterocycles. The summed E-state index contributed by atoms with van der Waals surface area (Å²) < 4.78 is 5.39. The fourth-order valence-electron chi connectivity index (χ4n) is 1.57. The van der Waals surface area contributed by atoms with Gasteiger partial charge in [0.25, 0.3) is 5.91 Å². The van der Waals surface area contributed by atoms with Gasteiger partial charge in [-0.25, -0.2) is 4.98 Å². The van der Waals surface area contributed by atoms with Crippen LogP contribution in [0.15, 0.2) is 35.5 Å². The molecule has 0 unspecified atom stereocenters. The molecule has 0 spiro atoms. The average Bonchev–Trinajstić information content (AvgIpc) is 2.43. The number of nitrogens with zero attached hydrogens (tertiary/aromatic N) is 1. The normalized spacial score (nSPS) is 10.5. The summed E-state index contributed by atoms with van der Waals surface area (Å²) in [5.74, 6) is -0.210. The molecule has 7 heteroatoms. The molecule has 6 nitrogen and oxygen atoms in total. The molecule has 21 heavy (non-hydrogen) atoms. The van der Waals surface area contributed by atoms with Crippen molar-refractivity contribution in [3.05, 3.63) is 51.5 Å². The van der Waals surface area contributed by atoms with E-state index in [2.05, 4.69) is 15.3 Å². The molecule has 0 aromatic carbocycles. The summed E-state index contributed by atoms with van der Waals surface area (Å²) in [4.78, 5) is 30.3. The molecular weight excluding hydrogens is 294 g/mol. The number of carbonyl (C=O) groups is 1. The van der Waals surface area contributed by atoms with Crippen molar-refractivity contribution in [2.45, 2.75) is 20.0 Å². The minimum Gasteiger partial charge on any atom is -0.474 e. The van der Waals surface area contributed by atoms with E-state index in [0.717, 1.165) is 0 Å². The Balaban J connectivity index is 2.19. The lowest BCUT2D eigenvalue weighted by atomic mass is 10.2. The number of nitrogens with one attached hydrogen (secondary N) is 2. The van der Waals surface area contributed by atoms with E-state index in [1.54, 1.807) is 0 Å². The largest absolute Gasteiger partial charge is 0.474 e. The molecule has 0 aliphatic heterocycles. The van der Waals surface area contributed by atoms with Gasteiger partial charge in [-0.05, 0) is 19.9 Å². The van der Waals surface area contributed by atoms with Crippen LogP contribution in [-0.4, -0.2) is 22.0 Å². The van der Waals surface area contributed by atoms with Crippen LogP contribution in [0.4, 0.5) is 5.69 Å². The number of hydrogen-bond donors (Lipinski definition) is 2. The molecule has 2 rings (SSSR count). The Morgan fingerprint density at radius 3 is 2.86 bits per heavy atom. The van der Waals surface area contributed by atoms with Gasteiger partial charge in [-0.2, -0.15) is 0 Å². The van der Waals surface area contributed by atoms with Crippen molar-refractivity contribution in [3.8, 4) is 5.88 Å². The van der Waals surface area contributed by atoms with Crippen molar-refractivity contribution >= 4 is 23.2 Å². The predicted octanol–water partition coefficient (Wildman–Crippen LogP) is 2.46. The van der Waals surface area contributed by atoms with Gasteiger partial charge in [-0.3, -0.25) is 9.59 Å². The zero-order valence-electron chi connectivity index (χ0n) is 11.5. The van der Waals surface area contributed by atoms with Crippen LogP contribution in [-0.2, 0) is 0 Å². The van der Waals surface area contributed by atoms with E-state index in [1.807, 2.05) is 13.8 Å². The number of carbonyl (C=O) groups excluding carboxylic acids is 1. The lowest BCUT2D eigenvalue weighted by molar-refractivity contribution is 0.102. The number of aromatic nitrogens is 2. The lowest BCUT2D eigenvalue weighted by Crippen LogP contribution is -2.18. The van der Waals surface area contributed by atoms with Crippen molar-refractivity contribution in [3.63, 3.8) is 0 Å². The number of hydrogen-bond acceptors (Lipinski definition) is 4. The first kappa shape index (κ1) is 15.1. The van der Waals surface area contributed by atoms with E-state index in [4.69, 9.17) is 16.3 Å². The third kappa shape index (κ3) is 3.82. The van der Waals surface area contributed by atoms with Gasteiger partial charge in [0.1, 0.15) is 10.7 Å². The Morgan fingerprint density at radius 1 is 1.48 bits per heavy atom. The Morgan fingerprint density at radius 2 is 2.24 bits per heavy atom. The highest BCUT2D eigenvalue weighted by Crippen LogP contribution is 2.23. The number of rotatable bonds is 4. The SMILES string of the molecule is CC(C)Oc1ncc(C(=O)Nc2c[nH]ccc2=O)cc1Cl. The van der Waals surface area contributed by atoms with E-state index < -0.39 is 5.91 Å². The molecule has 0 aliphatic carbocycles. The molecule has 0 fully saturated rings. The summed E-state index contributed by atoms with van der Waals surface area (Å²) in [5.41, 5.74) is 0.0985. The second-order valence-corrected chi connectivity index (χ2v) is 4.96. The van der Waals surface area contributed by atoms with Gasteiger partial charge >= 0.3 is 0 Å². The van der Waals surface area contributed by atoms with Gasteiger partial charge in [0, 0.05) is 24.7 Å². The molecule has 0 saturated carbocycles. The molecule has 1 amide bonds. The molecule has 2 aromatic heterocycles. The fraction of sp³-hybridized carbons (Fsp3) is 0.214. The van der Waals surface area contributed by atoms with Crippen LogP contribution in [0.25, 0.3) is 0 Å². The fourth-order valence-corrected chi connectivity index (χ4v) is 1.78. The van der Waals surface area contributed by atoms with Crippen molar-refractivity contribution in [2.24, 2.45) is 0 Å². The van der Waals surface area contributed by atoms with Crippen LogP contribution in [0.2, 0.25) is 5.02 Å². The quantitative estimate of drug-likeness (QED) is 0.908. The van der Waals surface area contributed by atoms with Crippen LogP contribution < -0.4 is 15.5 Å². The summed E-state index contributed by atoms with van der Waals surface area (Å²) in [5, 5.41) is 2.73. The van der Waals surface area contributed by atoms with E-state index in [-0.39, 0.29) is 33.7 Å². The highest BCUT2D eigenvalue weighted by atomic mass is 35.5. The smallest absolute Gasteiger partial charge is 0.257 e. The van der Waals surface area contributed by atoms with E-state index >= 15 is 0 Å². The Hall–Kier alpha value is -2.34. The second kappa shape index (κ2) is 6.41. The number of amides is 1. The van der Waals surface area contributed by atoms with Gasteiger partial charge in [0.05, 0.1) is 11.7 Å². The molecule has 0 aliphatic rings. The van der Waals surface area contributed by atoms with Crippen molar-refractivity contribution in [1.82, 2.24) is 9.97 Å². The van der Waals surface area contributed by atoms with Gasteiger partial charge in [0.15, 0.2) is 0 Å². The molecule has 2 heterocycles. The molecule has 0 bridgehead atoms. The lowest BCUT2D eigenvalue weighted by Gasteiger charge is -2.11. The van der Waals surface area contributed by atoms with Gasteiger partial charge in [-0.15, -0.1) is 0 Å². The van der Waals surface area contributed by atoms with Crippen molar-refractivity contribution in [1.29, 1.82) is 0 Å².